The first-order chi connectivity index (χ1) is 19.5. The van der Waals surface area contributed by atoms with Crippen LogP contribution in [-0.2, 0) is 0 Å². The van der Waals surface area contributed by atoms with Crippen molar-refractivity contribution >= 4 is 11.9 Å². The molecule has 10 heteroatoms. The number of amides is 1. The first-order valence-corrected chi connectivity index (χ1v) is 12.7. The van der Waals surface area contributed by atoms with Crippen LogP contribution in [0.15, 0.2) is 95.0 Å². The molecule has 1 N–H and O–H groups in total. The molecular weight excluding hydrogens is 508 g/mol. The Morgan fingerprint density at radius 3 is 2.52 bits per heavy atom. The van der Waals surface area contributed by atoms with Gasteiger partial charge in [-0.25, -0.2) is 4.99 Å². The summed E-state index contributed by atoms with van der Waals surface area (Å²) in [5.41, 5.74) is 2.71. The number of carbonyl (C=O) groups is 1. The number of rotatable bonds is 4. The highest BCUT2D eigenvalue weighted by molar-refractivity contribution is 5.95. The molecule has 2 aliphatic heterocycles. The molecule has 1 fully saturated rings. The Balaban J connectivity index is 1.50. The van der Waals surface area contributed by atoms with E-state index >= 15 is 0 Å². The van der Waals surface area contributed by atoms with Crippen LogP contribution in [0.5, 0.6) is 11.5 Å². The number of benzene rings is 3. The van der Waals surface area contributed by atoms with Crippen molar-refractivity contribution < 1.29 is 19.5 Å². The Hall–Kier alpha value is -5.30. The second-order valence-electron chi connectivity index (χ2n) is 9.13. The van der Waals surface area contributed by atoms with Crippen molar-refractivity contribution in [3.8, 4) is 28.9 Å². The summed E-state index contributed by atoms with van der Waals surface area (Å²) in [5.74, 6) is 1.11. The second-order valence-corrected chi connectivity index (χ2v) is 9.13. The molecule has 0 bridgehead atoms. The summed E-state index contributed by atoms with van der Waals surface area (Å²) in [4.78, 5) is 26.3. The van der Waals surface area contributed by atoms with E-state index in [1.807, 2.05) is 52.4 Å². The van der Waals surface area contributed by atoms with E-state index in [0.29, 0.717) is 53.3 Å². The topological polar surface area (TPSA) is 116 Å². The molecule has 202 valence electrons. The average Bonchev–Trinajstić information content (AvgIpc) is 3.00. The molecule has 1 saturated heterocycles. The number of nitriles is 1. The number of aromatic nitrogens is 1. The fourth-order valence-corrected chi connectivity index (χ4v) is 4.93. The molecule has 0 radical (unpaired) electrons. The van der Waals surface area contributed by atoms with Crippen LogP contribution in [-0.4, -0.2) is 65.5 Å². The molecule has 3 aliphatic rings. The Bertz CT molecular complexity index is 1630. The van der Waals surface area contributed by atoms with Crippen LogP contribution in [0.25, 0.3) is 11.3 Å². The molecule has 5 rings (SSSR count). The van der Waals surface area contributed by atoms with Gasteiger partial charge in [-0.05, 0) is 48.0 Å². The number of ether oxygens (including phenoxy) is 2. The van der Waals surface area contributed by atoms with Gasteiger partial charge in [0.15, 0.2) is 11.5 Å². The molecular formula is C30H28N6O4. The van der Waals surface area contributed by atoms with Crippen LogP contribution in [0.3, 0.4) is 0 Å². The zero-order valence-corrected chi connectivity index (χ0v) is 22.1. The van der Waals surface area contributed by atoms with Gasteiger partial charge in [-0.15, -0.1) is 4.99 Å². The quantitative estimate of drug-likeness (QED) is 0.184. The minimum absolute atomic E-state index is 0.147. The third-order valence-electron chi connectivity index (χ3n) is 6.91. The predicted octanol–water partition coefficient (Wildman–Crippen LogP) is 3.78. The lowest BCUT2D eigenvalue weighted by molar-refractivity contribution is 0.0548. The summed E-state index contributed by atoms with van der Waals surface area (Å²) in [6, 6.07) is 23.5. The van der Waals surface area contributed by atoms with Crippen LogP contribution in [0.2, 0.25) is 0 Å². The smallest absolute Gasteiger partial charge is 0.254 e. The number of pyridine rings is 1. The number of carbonyl (C=O) groups excluding carboxylic acids is 1. The number of hydrogen-bond acceptors (Lipinski definition) is 6. The summed E-state index contributed by atoms with van der Waals surface area (Å²) < 4.78 is 11.8. The van der Waals surface area contributed by atoms with Gasteiger partial charge in [0.25, 0.3) is 5.91 Å². The maximum Gasteiger partial charge on any atom is 0.254 e. The zero-order valence-electron chi connectivity index (χ0n) is 22.1. The molecule has 0 saturated carbocycles. The monoisotopic (exact) mass is 536 g/mol. The van der Waals surface area contributed by atoms with Crippen molar-refractivity contribution in [2.75, 3.05) is 33.9 Å². The van der Waals surface area contributed by atoms with Crippen molar-refractivity contribution in [1.82, 2.24) is 14.5 Å². The van der Waals surface area contributed by atoms with E-state index in [-0.39, 0.29) is 17.9 Å². The van der Waals surface area contributed by atoms with E-state index in [1.54, 1.807) is 49.6 Å². The predicted molar refractivity (Wildman–Crippen MR) is 148 cm³/mol. The molecule has 2 aromatic rings. The van der Waals surface area contributed by atoms with E-state index < -0.39 is 0 Å². The maximum atomic E-state index is 13.8. The lowest BCUT2D eigenvalue weighted by atomic mass is 10.0. The van der Waals surface area contributed by atoms with Gasteiger partial charge in [-0.1, -0.05) is 36.4 Å². The molecule has 0 spiro atoms. The lowest BCUT2D eigenvalue weighted by Gasteiger charge is -2.42. The molecule has 1 unspecified atom stereocenters. The van der Waals surface area contributed by atoms with E-state index in [4.69, 9.17) is 14.5 Å². The summed E-state index contributed by atoms with van der Waals surface area (Å²) in [6.07, 6.45) is 3.41. The Morgan fingerprint density at radius 1 is 0.975 bits per heavy atom. The molecule has 10 nitrogen and oxygen atoms in total. The van der Waals surface area contributed by atoms with E-state index in [1.165, 1.54) is 13.3 Å². The zero-order chi connectivity index (χ0) is 28.1. The third kappa shape index (κ3) is 5.17. The largest absolute Gasteiger partial charge is 0.493 e. The van der Waals surface area contributed by atoms with Crippen molar-refractivity contribution in [1.29, 1.82) is 5.26 Å². The first kappa shape index (κ1) is 26.3. The van der Waals surface area contributed by atoms with Crippen LogP contribution in [0, 0.1) is 11.5 Å². The lowest BCUT2D eigenvalue weighted by Crippen LogP contribution is -2.52. The number of fused-ring (bicyclic) bond motifs is 1. The fraction of sp³-hybridized carbons (Fsp3) is 0.200. The van der Waals surface area contributed by atoms with Crippen molar-refractivity contribution in [3.05, 3.63) is 102 Å². The number of aliphatic imine (C=N–C) groups is 1. The van der Waals surface area contributed by atoms with E-state index in [0.717, 1.165) is 10.3 Å². The highest BCUT2D eigenvalue weighted by atomic mass is 16.5. The SMILES string of the molecule is COc1ccc(C(=O)N2CCN(C(=NC#N)N=c3cccc4n(O)cccc3-4)CC2c2ccccc2)cc1OC. The number of hydrogen-bond donors (Lipinski definition) is 1. The van der Waals surface area contributed by atoms with Gasteiger partial charge in [0.05, 0.1) is 31.3 Å². The highest BCUT2D eigenvalue weighted by Gasteiger charge is 2.34. The van der Waals surface area contributed by atoms with Gasteiger partial charge in [0.1, 0.15) is 0 Å². The molecule has 40 heavy (non-hydrogen) atoms. The van der Waals surface area contributed by atoms with Crippen LogP contribution in [0.4, 0.5) is 0 Å². The summed E-state index contributed by atoms with van der Waals surface area (Å²) in [5, 5.41) is 20.3. The molecule has 1 aliphatic carbocycles. The minimum atomic E-state index is -0.332. The number of guanidine groups is 1. The van der Waals surface area contributed by atoms with Crippen molar-refractivity contribution in [2.24, 2.45) is 9.98 Å². The first-order valence-electron chi connectivity index (χ1n) is 12.7. The van der Waals surface area contributed by atoms with Gasteiger partial charge in [0, 0.05) is 37.0 Å². The molecule has 1 atom stereocenters. The standard InChI is InChI=1S/C30H28N6O4/c1-39-27-14-13-22(18-28(27)40-2)29(37)35-17-16-34(19-26(35)21-8-4-3-5-9-21)30(32-20-31)33-24-11-6-12-25-23(24)10-7-15-36(25)38/h3-15,18,26,38H,16-17,19H2,1-2H3. The van der Waals surface area contributed by atoms with Crippen molar-refractivity contribution in [3.63, 3.8) is 0 Å². The fourth-order valence-electron chi connectivity index (χ4n) is 4.93. The molecule has 0 aromatic heterocycles. The van der Waals surface area contributed by atoms with Gasteiger partial charge in [-0.2, -0.15) is 9.99 Å². The number of methoxy groups -OCH3 is 2. The number of piperazine rings is 1. The van der Waals surface area contributed by atoms with E-state index in [9.17, 15) is 15.3 Å². The Morgan fingerprint density at radius 2 is 1.77 bits per heavy atom. The maximum absolute atomic E-state index is 13.8. The molecule has 1 amide bonds. The summed E-state index contributed by atoms with van der Waals surface area (Å²) >= 11 is 0. The number of nitrogens with zero attached hydrogens (tertiary/aromatic N) is 6. The van der Waals surface area contributed by atoms with Crippen LogP contribution in [0.1, 0.15) is 22.0 Å². The molecule has 2 aromatic carbocycles. The highest BCUT2D eigenvalue weighted by Crippen LogP contribution is 2.31. The van der Waals surface area contributed by atoms with E-state index in [2.05, 4.69) is 4.99 Å². The summed E-state index contributed by atoms with van der Waals surface area (Å²) in [7, 11) is 3.09. The van der Waals surface area contributed by atoms with Crippen LogP contribution < -0.4 is 14.8 Å². The van der Waals surface area contributed by atoms with Crippen molar-refractivity contribution in [2.45, 2.75) is 6.04 Å². The minimum Gasteiger partial charge on any atom is -0.493 e. The Labute approximate surface area is 231 Å². The summed E-state index contributed by atoms with van der Waals surface area (Å²) in [6.45, 7) is 1.16. The third-order valence-corrected chi connectivity index (χ3v) is 6.91. The van der Waals surface area contributed by atoms with Gasteiger partial charge in [-0.3, -0.25) is 4.79 Å². The molecule has 2 heterocycles. The van der Waals surface area contributed by atoms with Gasteiger partial charge < -0.3 is 24.5 Å². The normalized spacial score (nSPS) is 16.1. The van der Waals surface area contributed by atoms with Gasteiger partial charge >= 0.3 is 0 Å². The average molecular weight is 537 g/mol. The Kier molecular flexibility index (Phi) is 7.64. The van der Waals surface area contributed by atoms with Crippen LogP contribution >= 0.6 is 0 Å². The van der Waals surface area contributed by atoms with Gasteiger partial charge in [0.2, 0.25) is 12.2 Å². The second kappa shape index (κ2) is 11.6.